The SMILES string of the molecule is Cc1ccc(NC(=O)[C@@H](C)Nc2ccc(N3CCCC3=O)c(C)c2)c(Br)c1. The number of hydrogen-bond donors (Lipinski definition) is 2. The molecule has 0 spiro atoms. The lowest BCUT2D eigenvalue weighted by Gasteiger charge is -2.21. The van der Waals surface area contributed by atoms with Gasteiger partial charge in [-0.05, 0) is 84.6 Å². The molecule has 0 aliphatic carbocycles. The number of halogens is 1. The van der Waals surface area contributed by atoms with E-state index in [0.29, 0.717) is 6.42 Å². The Morgan fingerprint density at radius 3 is 2.59 bits per heavy atom. The Labute approximate surface area is 168 Å². The van der Waals surface area contributed by atoms with Gasteiger partial charge in [0.2, 0.25) is 11.8 Å². The third-order valence-electron chi connectivity index (χ3n) is 4.72. The van der Waals surface area contributed by atoms with E-state index in [4.69, 9.17) is 0 Å². The number of carbonyl (C=O) groups excluding carboxylic acids is 2. The fourth-order valence-electron chi connectivity index (χ4n) is 3.23. The standard InChI is InChI=1S/C21H24BrN3O2/c1-13-6-8-18(17(22)11-13)24-21(27)15(3)23-16-7-9-19(14(2)12-16)25-10-4-5-20(25)26/h6-9,11-12,15,23H,4-5,10H2,1-3H3,(H,24,27)/t15-/m1/s1. The number of nitrogens with one attached hydrogen (secondary N) is 2. The van der Waals surface area contributed by atoms with E-state index in [9.17, 15) is 9.59 Å². The number of hydrogen-bond acceptors (Lipinski definition) is 3. The lowest BCUT2D eigenvalue weighted by Crippen LogP contribution is -2.32. The average molecular weight is 430 g/mol. The predicted molar refractivity (Wildman–Crippen MR) is 113 cm³/mol. The third-order valence-corrected chi connectivity index (χ3v) is 5.38. The summed E-state index contributed by atoms with van der Waals surface area (Å²) in [6, 6.07) is 11.2. The minimum Gasteiger partial charge on any atom is -0.374 e. The first-order valence-electron chi connectivity index (χ1n) is 9.09. The van der Waals surface area contributed by atoms with Crippen molar-refractivity contribution in [2.45, 2.75) is 39.7 Å². The minimum atomic E-state index is -0.406. The molecule has 5 nitrogen and oxygen atoms in total. The van der Waals surface area contributed by atoms with Crippen molar-refractivity contribution in [1.82, 2.24) is 0 Å². The summed E-state index contributed by atoms with van der Waals surface area (Å²) >= 11 is 3.48. The summed E-state index contributed by atoms with van der Waals surface area (Å²) in [6.45, 7) is 6.59. The van der Waals surface area contributed by atoms with Crippen LogP contribution in [0.2, 0.25) is 0 Å². The Morgan fingerprint density at radius 2 is 1.96 bits per heavy atom. The van der Waals surface area contributed by atoms with Crippen molar-refractivity contribution >= 4 is 44.8 Å². The number of carbonyl (C=O) groups is 2. The lowest BCUT2D eigenvalue weighted by atomic mass is 10.1. The van der Waals surface area contributed by atoms with Crippen molar-refractivity contribution in [3.8, 4) is 0 Å². The Hall–Kier alpha value is -2.34. The number of rotatable bonds is 5. The molecule has 2 N–H and O–H groups in total. The molecule has 0 aromatic heterocycles. The summed E-state index contributed by atoms with van der Waals surface area (Å²) in [6.07, 6.45) is 1.52. The molecule has 0 saturated carbocycles. The zero-order chi connectivity index (χ0) is 19.6. The van der Waals surface area contributed by atoms with Crippen LogP contribution in [-0.2, 0) is 9.59 Å². The first-order chi connectivity index (χ1) is 12.8. The van der Waals surface area contributed by atoms with Crippen molar-refractivity contribution in [1.29, 1.82) is 0 Å². The molecule has 1 saturated heterocycles. The quantitative estimate of drug-likeness (QED) is 0.727. The highest BCUT2D eigenvalue weighted by molar-refractivity contribution is 9.10. The molecule has 0 unspecified atom stereocenters. The molecule has 27 heavy (non-hydrogen) atoms. The van der Waals surface area contributed by atoms with Gasteiger partial charge in [0.25, 0.3) is 0 Å². The summed E-state index contributed by atoms with van der Waals surface area (Å²) < 4.78 is 0.860. The minimum absolute atomic E-state index is 0.115. The summed E-state index contributed by atoms with van der Waals surface area (Å²) in [7, 11) is 0. The maximum absolute atomic E-state index is 12.5. The van der Waals surface area contributed by atoms with Crippen LogP contribution in [0.25, 0.3) is 0 Å². The smallest absolute Gasteiger partial charge is 0.246 e. The fourth-order valence-corrected chi connectivity index (χ4v) is 3.82. The van der Waals surface area contributed by atoms with Crippen LogP contribution >= 0.6 is 15.9 Å². The van der Waals surface area contributed by atoms with Gasteiger partial charge in [-0.25, -0.2) is 0 Å². The van der Waals surface area contributed by atoms with E-state index in [1.807, 2.05) is 62.1 Å². The van der Waals surface area contributed by atoms with E-state index in [2.05, 4.69) is 26.6 Å². The highest BCUT2D eigenvalue weighted by Gasteiger charge is 2.23. The second kappa shape index (κ2) is 8.13. The third kappa shape index (κ3) is 4.50. The van der Waals surface area contributed by atoms with Crippen LogP contribution in [0, 0.1) is 13.8 Å². The maximum Gasteiger partial charge on any atom is 0.246 e. The van der Waals surface area contributed by atoms with E-state index in [1.54, 1.807) is 0 Å². The zero-order valence-electron chi connectivity index (χ0n) is 15.8. The van der Waals surface area contributed by atoms with E-state index < -0.39 is 6.04 Å². The number of anilines is 3. The largest absolute Gasteiger partial charge is 0.374 e. The summed E-state index contributed by atoms with van der Waals surface area (Å²) in [4.78, 5) is 26.3. The Balaban J connectivity index is 1.66. The molecule has 142 valence electrons. The normalized spacial score (nSPS) is 15.0. The van der Waals surface area contributed by atoms with Gasteiger partial charge in [-0.1, -0.05) is 6.07 Å². The highest BCUT2D eigenvalue weighted by atomic mass is 79.9. The van der Waals surface area contributed by atoms with Gasteiger partial charge >= 0.3 is 0 Å². The Bertz CT molecular complexity index is 882. The van der Waals surface area contributed by atoms with Crippen molar-refractivity contribution in [3.63, 3.8) is 0 Å². The molecule has 2 amide bonds. The molecule has 3 rings (SSSR count). The Morgan fingerprint density at radius 1 is 1.19 bits per heavy atom. The topological polar surface area (TPSA) is 61.4 Å². The predicted octanol–water partition coefficient (Wildman–Crippen LogP) is 4.63. The molecule has 2 aromatic rings. The Kier molecular flexibility index (Phi) is 5.85. The number of aryl methyl sites for hydroxylation is 2. The number of nitrogens with zero attached hydrogens (tertiary/aromatic N) is 1. The van der Waals surface area contributed by atoms with Crippen molar-refractivity contribution in [3.05, 3.63) is 52.0 Å². The van der Waals surface area contributed by atoms with Crippen LogP contribution in [0.15, 0.2) is 40.9 Å². The second-order valence-corrected chi connectivity index (χ2v) is 7.84. The molecule has 2 aromatic carbocycles. The maximum atomic E-state index is 12.5. The van der Waals surface area contributed by atoms with E-state index >= 15 is 0 Å². The molecule has 1 aliphatic heterocycles. The van der Waals surface area contributed by atoms with Gasteiger partial charge in [0.1, 0.15) is 6.04 Å². The van der Waals surface area contributed by atoms with E-state index in [0.717, 1.165) is 45.6 Å². The van der Waals surface area contributed by atoms with Crippen molar-refractivity contribution < 1.29 is 9.59 Å². The number of benzene rings is 2. The summed E-state index contributed by atoms with van der Waals surface area (Å²) in [5, 5.41) is 6.16. The van der Waals surface area contributed by atoms with E-state index in [1.165, 1.54) is 0 Å². The van der Waals surface area contributed by atoms with Crippen LogP contribution in [0.4, 0.5) is 17.1 Å². The molecule has 0 bridgehead atoms. The van der Waals surface area contributed by atoms with Crippen LogP contribution < -0.4 is 15.5 Å². The van der Waals surface area contributed by atoms with Crippen molar-refractivity contribution in [2.24, 2.45) is 0 Å². The van der Waals surface area contributed by atoms with Crippen LogP contribution in [0.1, 0.15) is 30.9 Å². The van der Waals surface area contributed by atoms with Gasteiger partial charge in [-0.15, -0.1) is 0 Å². The summed E-state index contributed by atoms with van der Waals surface area (Å²) in [5.74, 6) is 0.0613. The van der Waals surface area contributed by atoms with Crippen LogP contribution in [0.3, 0.4) is 0 Å². The molecular formula is C21H24BrN3O2. The monoisotopic (exact) mass is 429 g/mol. The van der Waals surface area contributed by atoms with Crippen LogP contribution in [0.5, 0.6) is 0 Å². The molecular weight excluding hydrogens is 406 g/mol. The van der Waals surface area contributed by atoms with Gasteiger partial charge in [-0.2, -0.15) is 0 Å². The lowest BCUT2D eigenvalue weighted by molar-refractivity contribution is -0.117. The highest BCUT2D eigenvalue weighted by Crippen LogP contribution is 2.28. The molecule has 1 fully saturated rings. The first-order valence-corrected chi connectivity index (χ1v) is 9.89. The van der Waals surface area contributed by atoms with Gasteiger partial charge < -0.3 is 15.5 Å². The van der Waals surface area contributed by atoms with E-state index in [-0.39, 0.29) is 11.8 Å². The molecule has 0 radical (unpaired) electrons. The fraction of sp³-hybridized carbons (Fsp3) is 0.333. The first kappa shape index (κ1) is 19.4. The average Bonchev–Trinajstić information content (AvgIpc) is 3.03. The molecule has 1 atom stereocenters. The van der Waals surface area contributed by atoms with Gasteiger partial charge in [0.05, 0.1) is 5.69 Å². The molecule has 6 heteroatoms. The van der Waals surface area contributed by atoms with Gasteiger partial charge in [0.15, 0.2) is 0 Å². The molecule has 1 heterocycles. The summed E-state index contributed by atoms with van der Waals surface area (Å²) in [5.41, 5.74) is 4.69. The second-order valence-electron chi connectivity index (χ2n) is 6.99. The molecule has 1 aliphatic rings. The van der Waals surface area contributed by atoms with Crippen molar-refractivity contribution in [2.75, 3.05) is 22.1 Å². The zero-order valence-corrected chi connectivity index (χ0v) is 17.4. The van der Waals surface area contributed by atoms with Crippen LogP contribution in [-0.4, -0.2) is 24.4 Å². The van der Waals surface area contributed by atoms with Gasteiger partial charge in [0, 0.05) is 28.8 Å². The number of amides is 2. The van der Waals surface area contributed by atoms with Gasteiger partial charge in [-0.3, -0.25) is 9.59 Å².